The third-order valence-corrected chi connectivity index (χ3v) is 8.23. The number of nitrogens with zero attached hydrogens (tertiary/aromatic N) is 4. The monoisotopic (exact) mass is 474 g/mol. The van der Waals surface area contributed by atoms with E-state index in [1.54, 1.807) is 13.8 Å². The summed E-state index contributed by atoms with van der Waals surface area (Å²) < 4.78 is 7.91. The van der Waals surface area contributed by atoms with Gasteiger partial charge in [0.2, 0.25) is 0 Å². The largest absolute Gasteiger partial charge is 0.425 e. The second kappa shape index (κ2) is 8.17. The lowest BCUT2D eigenvalue weighted by molar-refractivity contribution is -0.0893. The molecule has 1 fully saturated rings. The molecule has 1 amide bonds. The molecule has 5 rings (SSSR count). The van der Waals surface area contributed by atoms with Gasteiger partial charge < -0.3 is 14.7 Å². The number of carbonyl (C=O) groups excluding carboxylic acids is 1. The van der Waals surface area contributed by atoms with E-state index < -0.39 is 11.2 Å². The lowest BCUT2D eigenvalue weighted by Gasteiger charge is -2.37. The van der Waals surface area contributed by atoms with Crippen LogP contribution >= 0.6 is 0 Å². The van der Waals surface area contributed by atoms with E-state index in [-0.39, 0.29) is 24.8 Å². The summed E-state index contributed by atoms with van der Waals surface area (Å²) in [6.45, 7) is 12.2. The zero-order valence-corrected chi connectivity index (χ0v) is 21.6. The van der Waals surface area contributed by atoms with E-state index in [9.17, 15) is 9.90 Å². The number of hydrogen-bond acceptors (Lipinski definition) is 5. The zero-order chi connectivity index (χ0) is 25.2. The number of carbonyl (C=O) groups is 1. The normalized spacial score (nSPS) is 19.5. The van der Waals surface area contributed by atoms with Crippen molar-refractivity contribution in [3.05, 3.63) is 58.9 Å². The third kappa shape index (κ3) is 4.27. The summed E-state index contributed by atoms with van der Waals surface area (Å²) in [6.07, 6.45) is 2.97. The lowest BCUT2D eigenvalue weighted by atomic mass is 9.85. The average Bonchev–Trinajstić information content (AvgIpc) is 3.41. The molecular formula is C27H35BN4O3. The Labute approximate surface area is 207 Å². The van der Waals surface area contributed by atoms with Gasteiger partial charge in [-0.15, -0.1) is 0 Å². The second-order valence-corrected chi connectivity index (χ2v) is 11.5. The van der Waals surface area contributed by atoms with Gasteiger partial charge in [-0.25, -0.2) is 9.50 Å². The maximum atomic E-state index is 13.7. The molecule has 3 heterocycles. The van der Waals surface area contributed by atoms with E-state index in [4.69, 9.17) is 14.7 Å². The van der Waals surface area contributed by atoms with Gasteiger partial charge in [-0.05, 0) is 77.1 Å². The SMILES string of the molecule is C[C@@H]1c2ccccc2CCN1C(=O)c1cc(C2(C)CC2)n2nc(BOC(C)(C)C(C)(C)O)cc2n1. The topological polar surface area (TPSA) is 80.0 Å². The lowest BCUT2D eigenvalue weighted by Crippen LogP contribution is -2.49. The van der Waals surface area contributed by atoms with Gasteiger partial charge in [-0.2, -0.15) is 5.10 Å². The summed E-state index contributed by atoms with van der Waals surface area (Å²) in [5.41, 5.74) is 3.64. The summed E-state index contributed by atoms with van der Waals surface area (Å²) in [6, 6.07) is 12.2. The van der Waals surface area contributed by atoms with E-state index in [2.05, 4.69) is 32.0 Å². The van der Waals surface area contributed by atoms with Crippen LogP contribution in [0.15, 0.2) is 36.4 Å². The molecule has 3 aromatic rings. The Kier molecular flexibility index (Phi) is 5.60. The standard InChI is InChI=1S/C27H35BN4O3/c1-17-19-10-8-7-9-18(19)11-14-31(17)24(33)20-15-21(27(6)12-13-27)32-23(29-20)16-22(30-32)28-35-26(4,5)25(2,3)34/h7-10,15-17,28,34H,11-14H2,1-6H3/t17-/m1/s1. The number of benzene rings is 1. The molecule has 1 N–H and O–H groups in total. The van der Waals surface area contributed by atoms with Crippen LogP contribution in [0.2, 0.25) is 0 Å². The Morgan fingerprint density at radius 2 is 1.91 bits per heavy atom. The van der Waals surface area contributed by atoms with Crippen molar-refractivity contribution >= 4 is 24.6 Å². The Bertz CT molecular complexity index is 1290. The van der Waals surface area contributed by atoms with Crippen molar-refractivity contribution in [1.29, 1.82) is 0 Å². The molecular weight excluding hydrogens is 439 g/mol. The number of rotatable bonds is 6. The minimum atomic E-state index is -1.000. The minimum Gasteiger partial charge on any atom is -0.425 e. The molecule has 0 unspecified atom stereocenters. The van der Waals surface area contributed by atoms with Crippen molar-refractivity contribution in [3.8, 4) is 0 Å². The highest BCUT2D eigenvalue weighted by atomic mass is 16.5. The first-order valence-electron chi connectivity index (χ1n) is 12.5. The molecule has 35 heavy (non-hydrogen) atoms. The summed E-state index contributed by atoms with van der Waals surface area (Å²) >= 11 is 0. The van der Waals surface area contributed by atoms with Crippen LogP contribution in [0.25, 0.3) is 5.65 Å². The third-order valence-electron chi connectivity index (χ3n) is 8.23. The molecule has 1 aliphatic heterocycles. The first kappa shape index (κ1) is 24.0. The van der Waals surface area contributed by atoms with Gasteiger partial charge >= 0.3 is 7.48 Å². The first-order valence-corrected chi connectivity index (χ1v) is 12.5. The van der Waals surface area contributed by atoms with Crippen LogP contribution in [0, 0.1) is 0 Å². The predicted molar refractivity (Wildman–Crippen MR) is 137 cm³/mol. The van der Waals surface area contributed by atoms with Gasteiger partial charge in [0, 0.05) is 12.0 Å². The van der Waals surface area contributed by atoms with E-state index >= 15 is 0 Å². The fourth-order valence-electron chi connectivity index (χ4n) is 4.70. The van der Waals surface area contributed by atoms with Gasteiger partial charge in [0.1, 0.15) is 5.69 Å². The van der Waals surface area contributed by atoms with Crippen LogP contribution in [-0.2, 0) is 16.5 Å². The highest BCUT2D eigenvalue weighted by Crippen LogP contribution is 2.47. The molecule has 1 atom stereocenters. The van der Waals surface area contributed by atoms with E-state index in [1.807, 2.05) is 41.5 Å². The molecule has 1 saturated carbocycles. The highest BCUT2D eigenvalue weighted by molar-refractivity contribution is 6.46. The van der Waals surface area contributed by atoms with Crippen molar-refractivity contribution in [2.45, 2.75) is 83.5 Å². The number of hydrogen-bond donors (Lipinski definition) is 1. The molecule has 2 aliphatic rings. The van der Waals surface area contributed by atoms with Gasteiger partial charge in [0.05, 0.1) is 28.5 Å². The van der Waals surface area contributed by atoms with Crippen LogP contribution in [0.5, 0.6) is 0 Å². The van der Waals surface area contributed by atoms with Crippen LogP contribution in [0.1, 0.15) is 87.7 Å². The van der Waals surface area contributed by atoms with Crippen LogP contribution in [-0.4, -0.2) is 55.7 Å². The fraction of sp³-hybridized carbons (Fsp3) is 0.519. The molecule has 1 aromatic carbocycles. The minimum absolute atomic E-state index is 0.00313. The molecule has 2 aromatic heterocycles. The van der Waals surface area contributed by atoms with Crippen molar-refractivity contribution < 1.29 is 14.6 Å². The van der Waals surface area contributed by atoms with Crippen molar-refractivity contribution in [2.24, 2.45) is 0 Å². The van der Waals surface area contributed by atoms with Crippen molar-refractivity contribution in [3.63, 3.8) is 0 Å². The number of amides is 1. The summed E-state index contributed by atoms with van der Waals surface area (Å²) in [4.78, 5) is 20.4. The van der Waals surface area contributed by atoms with E-state index in [0.717, 1.165) is 30.5 Å². The fourth-order valence-corrected chi connectivity index (χ4v) is 4.70. The Morgan fingerprint density at radius 3 is 2.60 bits per heavy atom. The Morgan fingerprint density at radius 1 is 1.20 bits per heavy atom. The summed E-state index contributed by atoms with van der Waals surface area (Å²) in [5, 5.41) is 15.2. The Hall–Kier alpha value is -2.71. The molecule has 0 spiro atoms. The zero-order valence-electron chi connectivity index (χ0n) is 21.6. The predicted octanol–water partition coefficient (Wildman–Crippen LogP) is 3.08. The molecule has 1 aliphatic carbocycles. The molecule has 0 bridgehead atoms. The van der Waals surface area contributed by atoms with Crippen LogP contribution < -0.4 is 5.59 Å². The maximum absolute atomic E-state index is 13.7. The summed E-state index contributed by atoms with van der Waals surface area (Å²) in [5.74, 6) is -0.0397. The van der Waals surface area contributed by atoms with E-state index in [0.29, 0.717) is 17.9 Å². The van der Waals surface area contributed by atoms with Gasteiger partial charge in [0.15, 0.2) is 5.65 Å². The maximum Gasteiger partial charge on any atom is 0.331 e. The smallest absolute Gasteiger partial charge is 0.331 e. The second-order valence-electron chi connectivity index (χ2n) is 11.5. The van der Waals surface area contributed by atoms with Crippen molar-refractivity contribution in [1.82, 2.24) is 19.5 Å². The number of aliphatic hydroxyl groups is 1. The van der Waals surface area contributed by atoms with Crippen molar-refractivity contribution in [2.75, 3.05) is 6.54 Å². The van der Waals surface area contributed by atoms with Crippen LogP contribution in [0.3, 0.4) is 0 Å². The molecule has 0 saturated heterocycles. The number of fused-ring (bicyclic) bond motifs is 2. The van der Waals surface area contributed by atoms with Crippen LogP contribution in [0.4, 0.5) is 0 Å². The highest BCUT2D eigenvalue weighted by Gasteiger charge is 2.43. The van der Waals surface area contributed by atoms with Gasteiger partial charge in [-0.3, -0.25) is 4.79 Å². The van der Waals surface area contributed by atoms with E-state index in [1.165, 1.54) is 11.1 Å². The quantitative estimate of drug-likeness (QED) is 0.556. The van der Waals surface area contributed by atoms with Gasteiger partial charge in [-0.1, -0.05) is 31.2 Å². The summed E-state index contributed by atoms with van der Waals surface area (Å²) in [7, 11) is 0.250. The molecule has 7 nitrogen and oxygen atoms in total. The van der Waals surface area contributed by atoms with Gasteiger partial charge in [0.25, 0.3) is 5.91 Å². The molecule has 8 heteroatoms. The average molecular weight is 474 g/mol. The molecule has 184 valence electrons. The number of aromatic nitrogens is 3. The molecule has 0 radical (unpaired) electrons. The first-order chi connectivity index (χ1) is 16.4. The Balaban J connectivity index is 1.48.